The molecule has 0 radical (unpaired) electrons. The van der Waals surface area contributed by atoms with Gasteiger partial charge in [-0.25, -0.2) is 0 Å². The lowest BCUT2D eigenvalue weighted by Gasteiger charge is -1.89. The number of hydrogen-bond donors (Lipinski definition) is 0. The third-order valence-corrected chi connectivity index (χ3v) is 2.73. The van der Waals surface area contributed by atoms with E-state index in [4.69, 9.17) is 0 Å². The molecule has 1 unspecified atom stereocenters. The highest BCUT2D eigenvalue weighted by atomic mass is 32.1. The van der Waals surface area contributed by atoms with Crippen LogP contribution in [0.25, 0.3) is 10.1 Å². The molecule has 0 aliphatic rings. The van der Waals surface area contributed by atoms with Gasteiger partial charge < -0.3 is 0 Å². The number of rotatable bonds is 0. The average Bonchev–Trinajstić information content (AvgIpc) is 2.33. The molecular weight excluding hydrogens is 159 g/mol. The maximum Gasteiger partial charge on any atom is 0.0343 e. The summed E-state index contributed by atoms with van der Waals surface area (Å²) < 4.78 is 1.37. The highest BCUT2D eigenvalue weighted by molar-refractivity contribution is 7.27. The quantitative estimate of drug-likeness (QED) is 0.527. The van der Waals surface area contributed by atoms with Crippen molar-refractivity contribution < 1.29 is 0 Å². The van der Waals surface area contributed by atoms with E-state index in [1.54, 1.807) is 11.3 Å². The molecule has 10 heavy (non-hydrogen) atoms. The van der Waals surface area contributed by atoms with Crippen LogP contribution < -0.4 is 5.30 Å². The highest BCUT2D eigenvalue weighted by Crippen LogP contribution is 2.19. The van der Waals surface area contributed by atoms with E-state index in [0.717, 1.165) is 0 Å². The fourth-order valence-corrected chi connectivity index (χ4v) is 2.03. The van der Waals surface area contributed by atoms with E-state index in [1.807, 2.05) is 0 Å². The van der Waals surface area contributed by atoms with Crippen LogP contribution in [0.2, 0.25) is 0 Å². The third kappa shape index (κ3) is 0.960. The standard InChI is InChI=1S/C8H7PS/c9-7-1-2-8-6(5-7)3-4-10-8/h1-5H,9H2. The van der Waals surface area contributed by atoms with Gasteiger partial charge in [0.2, 0.25) is 0 Å². The predicted molar refractivity (Wildman–Crippen MR) is 51.2 cm³/mol. The molecule has 50 valence electrons. The smallest absolute Gasteiger partial charge is 0.0343 e. The van der Waals surface area contributed by atoms with Gasteiger partial charge in [0.15, 0.2) is 0 Å². The maximum absolute atomic E-state index is 2.70. The van der Waals surface area contributed by atoms with Crippen LogP contribution in [0.15, 0.2) is 29.6 Å². The zero-order chi connectivity index (χ0) is 6.97. The van der Waals surface area contributed by atoms with E-state index < -0.39 is 0 Å². The summed E-state index contributed by atoms with van der Waals surface area (Å²) >= 11 is 1.79. The topological polar surface area (TPSA) is 0 Å². The molecule has 0 nitrogen and oxygen atoms in total. The Kier molecular flexibility index (Phi) is 1.48. The Bertz CT molecular complexity index is 351. The van der Waals surface area contributed by atoms with Gasteiger partial charge >= 0.3 is 0 Å². The minimum Gasteiger partial charge on any atom is -0.144 e. The van der Waals surface area contributed by atoms with Gasteiger partial charge in [-0.1, -0.05) is 6.07 Å². The van der Waals surface area contributed by atoms with Gasteiger partial charge in [-0.05, 0) is 34.3 Å². The van der Waals surface area contributed by atoms with Gasteiger partial charge in [-0.3, -0.25) is 0 Å². The molecule has 0 aliphatic heterocycles. The highest BCUT2D eigenvalue weighted by Gasteiger charge is 1.91. The zero-order valence-corrected chi connectivity index (χ0v) is 7.34. The summed E-state index contributed by atoms with van der Waals surface area (Å²) in [5.74, 6) is 0. The number of fused-ring (bicyclic) bond motifs is 1. The molecule has 0 aliphatic carbocycles. The SMILES string of the molecule is Pc1ccc2sccc2c1. The Labute approximate surface area is 66.1 Å². The molecule has 0 fully saturated rings. The zero-order valence-electron chi connectivity index (χ0n) is 5.37. The summed E-state index contributed by atoms with van der Waals surface area (Å²) in [6.07, 6.45) is 0. The first-order valence-corrected chi connectivity index (χ1v) is 4.55. The van der Waals surface area contributed by atoms with Crippen LogP contribution in [-0.4, -0.2) is 0 Å². The maximum atomic E-state index is 2.70. The van der Waals surface area contributed by atoms with E-state index in [0.29, 0.717) is 0 Å². The van der Waals surface area contributed by atoms with E-state index in [2.05, 4.69) is 38.9 Å². The lowest BCUT2D eigenvalue weighted by Crippen LogP contribution is -1.84. The van der Waals surface area contributed by atoms with Crippen LogP contribution >= 0.6 is 20.6 Å². The molecule has 1 heterocycles. The van der Waals surface area contributed by atoms with Crippen LogP contribution in [0.1, 0.15) is 0 Å². The second kappa shape index (κ2) is 2.34. The van der Waals surface area contributed by atoms with Crippen LogP contribution in [-0.2, 0) is 0 Å². The molecule has 0 amide bonds. The molecule has 2 aromatic rings. The summed E-state index contributed by atoms with van der Waals surface area (Å²) in [7, 11) is 2.70. The van der Waals surface area contributed by atoms with Gasteiger partial charge in [0, 0.05) is 4.70 Å². The molecule has 2 heteroatoms. The molecule has 0 spiro atoms. The van der Waals surface area contributed by atoms with Gasteiger partial charge in [0.1, 0.15) is 0 Å². The molecule has 0 saturated carbocycles. The number of hydrogen-bond acceptors (Lipinski definition) is 1. The minimum absolute atomic E-state index is 1.26. The summed E-state index contributed by atoms with van der Waals surface area (Å²) in [4.78, 5) is 0. The summed E-state index contributed by atoms with van der Waals surface area (Å²) in [5.41, 5.74) is 0. The summed E-state index contributed by atoms with van der Waals surface area (Å²) in [6, 6.07) is 8.59. The molecule has 1 aromatic heterocycles. The van der Waals surface area contributed by atoms with Crippen molar-refractivity contribution in [1.82, 2.24) is 0 Å². The molecule has 0 N–H and O–H groups in total. The van der Waals surface area contributed by atoms with Crippen LogP contribution in [0.5, 0.6) is 0 Å². The lowest BCUT2D eigenvalue weighted by molar-refractivity contribution is 1.95. The second-order valence-corrected chi connectivity index (χ2v) is 3.83. The fraction of sp³-hybridized carbons (Fsp3) is 0. The Balaban J connectivity index is 2.86. The molecule has 1 atom stereocenters. The van der Waals surface area contributed by atoms with Crippen molar-refractivity contribution in [2.75, 3.05) is 0 Å². The molecule has 2 rings (SSSR count). The van der Waals surface area contributed by atoms with Crippen molar-refractivity contribution in [1.29, 1.82) is 0 Å². The van der Waals surface area contributed by atoms with Crippen molar-refractivity contribution >= 4 is 36.0 Å². The molecule has 1 aromatic carbocycles. The molecular formula is C8H7PS. The average molecular weight is 166 g/mol. The first-order valence-electron chi connectivity index (χ1n) is 3.09. The van der Waals surface area contributed by atoms with Crippen LogP contribution in [0, 0.1) is 0 Å². The first-order chi connectivity index (χ1) is 4.86. The van der Waals surface area contributed by atoms with E-state index in [-0.39, 0.29) is 0 Å². The van der Waals surface area contributed by atoms with Gasteiger partial charge in [-0.2, -0.15) is 0 Å². The predicted octanol–water partition coefficient (Wildman–Crippen LogP) is 2.40. The Hall–Kier alpha value is -0.390. The van der Waals surface area contributed by atoms with Gasteiger partial charge in [0.05, 0.1) is 0 Å². The van der Waals surface area contributed by atoms with Crippen LogP contribution in [0.4, 0.5) is 0 Å². The van der Waals surface area contributed by atoms with E-state index in [9.17, 15) is 0 Å². The largest absolute Gasteiger partial charge is 0.144 e. The fourth-order valence-electron chi connectivity index (χ4n) is 0.985. The van der Waals surface area contributed by atoms with Gasteiger partial charge in [-0.15, -0.1) is 20.6 Å². The monoisotopic (exact) mass is 166 g/mol. The van der Waals surface area contributed by atoms with Gasteiger partial charge in [0.25, 0.3) is 0 Å². The Morgan fingerprint density at radius 1 is 1.20 bits per heavy atom. The second-order valence-electron chi connectivity index (χ2n) is 2.22. The van der Waals surface area contributed by atoms with E-state index >= 15 is 0 Å². The summed E-state index contributed by atoms with van der Waals surface area (Å²) in [6.45, 7) is 0. The Morgan fingerprint density at radius 2 is 2.10 bits per heavy atom. The first kappa shape index (κ1) is 6.33. The Morgan fingerprint density at radius 3 is 3.00 bits per heavy atom. The molecule has 0 saturated heterocycles. The van der Waals surface area contributed by atoms with E-state index in [1.165, 1.54) is 15.4 Å². The van der Waals surface area contributed by atoms with Crippen molar-refractivity contribution in [3.05, 3.63) is 29.6 Å². The number of benzene rings is 1. The van der Waals surface area contributed by atoms with Crippen molar-refractivity contribution in [3.8, 4) is 0 Å². The van der Waals surface area contributed by atoms with Crippen molar-refractivity contribution in [3.63, 3.8) is 0 Å². The van der Waals surface area contributed by atoms with Crippen molar-refractivity contribution in [2.24, 2.45) is 0 Å². The normalized spacial score (nSPS) is 10.5. The summed E-state index contributed by atoms with van der Waals surface area (Å²) in [5, 5.41) is 4.72. The minimum atomic E-state index is 1.26. The molecule has 0 bridgehead atoms. The van der Waals surface area contributed by atoms with Crippen LogP contribution in [0.3, 0.4) is 0 Å². The number of thiophene rings is 1. The van der Waals surface area contributed by atoms with Crippen molar-refractivity contribution in [2.45, 2.75) is 0 Å². The third-order valence-electron chi connectivity index (χ3n) is 1.48. The lowest BCUT2D eigenvalue weighted by atomic mass is 10.3.